The molecule has 0 saturated carbocycles. The summed E-state index contributed by atoms with van der Waals surface area (Å²) in [6, 6.07) is 14.4. The normalized spacial score (nSPS) is 11.3. The van der Waals surface area contributed by atoms with Crippen molar-refractivity contribution in [3.05, 3.63) is 65.6 Å². The van der Waals surface area contributed by atoms with Gasteiger partial charge in [-0.05, 0) is 36.6 Å². The number of benzene rings is 1. The molecule has 0 unspecified atom stereocenters. The number of halogens is 1. The van der Waals surface area contributed by atoms with E-state index in [1.165, 1.54) is 11.1 Å². The minimum absolute atomic E-state index is 0. The highest BCUT2D eigenvalue weighted by Crippen LogP contribution is 2.09. The zero-order valence-electron chi connectivity index (χ0n) is 16.1. The molecule has 0 saturated heterocycles. The first kappa shape index (κ1) is 21.1. The molecule has 1 aromatic carbocycles. The summed E-state index contributed by atoms with van der Waals surface area (Å²) < 4.78 is 2.04. The number of hydrogen-bond donors (Lipinski definition) is 1. The molecule has 6 nitrogen and oxygen atoms in total. The molecule has 3 rings (SSSR count). The van der Waals surface area contributed by atoms with Gasteiger partial charge in [0.15, 0.2) is 11.6 Å². The van der Waals surface area contributed by atoms with Gasteiger partial charge in [0, 0.05) is 39.8 Å². The smallest absolute Gasteiger partial charge is 0.193 e. The second kappa shape index (κ2) is 10.2. The summed E-state index contributed by atoms with van der Waals surface area (Å²) in [5.41, 5.74) is 3.51. The number of pyridine rings is 1. The third-order valence-corrected chi connectivity index (χ3v) is 4.49. The second-order valence-corrected chi connectivity index (χ2v) is 6.41. The molecule has 0 fully saturated rings. The largest absolute Gasteiger partial charge is 0.356 e. The molecule has 0 radical (unpaired) electrons. The average Bonchev–Trinajstić information content (AvgIpc) is 3.07. The van der Waals surface area contributed by atoms with Gasteiger partial charge in [0.1, 0.15) is 5.82 Å². The summed E-state index contributed by atoms with van der Waals surface area (Å²) in [6.07, 6.45) is 3.84. The van der Waals surface area contributed by atoms with E-state index in [0.29, 0.717) is 0 Å². The summed E-state index contributed by atoms with van der Waals surface area (Å²) >= 11 is 0. The molecule has 0 aliphatic heterocycles. The lowest BCUT2D eigenvalue weighted by Crippen LogP contribution is -2.39. The van der Waals surface area contributed by atoms with Gasteiger partial charge in [-0.3, -0.25) is 9.39 Å². The summed E-state index contributed by atoms with van der Waals surface area (Å²) in [5, 5.41) is 11.9. The fraction of sp³-hybridized carbons (Fsp3) is 0.350. The van der Waals surface area contributed by atoms with E-state index in [-0.39, 0.29) is 24.0 Å². The highest BCUT2D eigenvalue weighted by Gasteiger charge is 2.08. The molecule has 1 N–H and O–H groups in total. The van der Waals surface area contributed by atoms with E-state index in [2.05, 4.69) is 63.6 Å². The van der Waals surface area contributed by atoms with E-state index in [1.54, 1.807) is 0 Å². The molecule has 0 spiro atoms. The first-order valence-corrected chi connectivity index (χ1v) is 8.94. The minimum Gasteiger partial charge on any atom is -0.356 e. The molecule has 2 aromatic heterocycles. The van der Waals surface area contributed by atoms with Crippen molar-refractivity contribution in [3.8, 4) is 0 Å². The number of aryl methyl sites for hydroxylation is 2. The van der Waals surface area contributed by atoms with Crippen LogP contribution in [0.15, 0.2) is 53.7 Å². The van der Waals surface area contributed by atoms with Crippen LogP contribution in [0.1, 0.15) is 23.4 Å². The van der Waals surface area contributed by atoms with Crippen LogP contribution in [0, 0.1) is 6.92 Å². The quantitative estimate of drug-likeness (QED) is 0.256. The Labute approximate surface area is 177 Å². The highest BCUT2D eigenvalue weighted by atomic mass is 127. The Morgan fingerprint density at radius 2 is 1.93 bits per heavy atom. The molecule has 27 heavy (non-hydrogen) atoms. The number of nitrogens with zero attached hydrogens (tertiary/aromatic N) is 5. The van der Waals surface area contributed by atoms with Crippen molar-refractivity contribution in [2.45, 2.75) is 26.3 Å². The summed E-state index contributed by atoms with van der Waals surface area (Å²) in [4.78, 5) is 6.54. The maximum Gasteiger partial charge on any atom is 0.193 e. The Morgan fingerprint density at radius 1 is 1.15 bits per heavy atom. The lowest BCUT2D eigenvalue weighted by Gasteiger charge is -2.23. The Balaban J connectivity index is 0.00000261. The number of fused-ring (bicyclic) bond motifs is 1. The van der Waals surface area contributed by atoms with Crippen LogP contribution in [0.25, 0.3) is 5.65 Å². The predicted octanol–water partition coefficient (Wildman–Crippen LogP) is 3.30. The van der Waals surface area contributed by atoms with Gasteiger partial charge in [-0.2, -0.15) is 0 Å². The van der Waals surface area contributed by atoms with Gasteiger partial charge in [-0.1, -0.05) is 30.3 Å². The molecule has 0 aliphatic rings. The lowest BCUT2D eigenvalue weighted by molar-refractivity contribution is 0.474. The molecule has 0 bridgehead atoms. The van der Waals surface area contributed by atoms with Crippen LogP contribution >= 0.6 is 24.0 Å². The zero-order chi connectivity index (χ0) is 18.4. The summed E-state index contributed by atoms with van der Waals surface area (Å²) in [5.74, 6) is 1.89. The van der Waals surface area contributed by atoms with Crippen LogP contribution in [0.4, 0.5) is 0 Å². The van der Waals surface area contributed by atoms with Gasteiger partial charge >= 0.3 is 0 Å². The monoisotopic (exact) mass is 478 g/mol. The summed E-state index contributed by atoms with van der Waals surface area (Å²) in [6.45, 7) is 3.82. The third-order valence-electron chi connectivity index (χ3n) is 4.49. The molecular weight excluding hydrogens is 451 g/mol. The van der Waals surface area contributed by atoms with E-state index in [4.69, 9.17) is 0 Å². The Kier molecular flexibility index (Phi) is 8.02. The maximum absolute atomic E-state index is 4.40. The van der Waals surface area contributed by atoms with Gasteiger partial charge in [0.2, 0.25) is 0 Å². The van der Waals surface area contributed by atoms with Crippen molar-refractivity contribution in [1.82, 2.24) is 24.8 Å². The van der Waals surface area contributed by atoms with E-state index in [1.807, 2.05) is 35.8 Å². The van der Waals surface area contributed by atoms with Crippen LogP contribution in [0.2, 0.25) is 0 Å². The van der Waals surface area contributed by atoms with Crippen LogP contribution in [-0.4, -0.2) is 46.1 Å². The van der Waals surface area contributed by atoms with Crippen LogP contribution < -0.4 is 5.32 Å². The van der Waals surface area contributed by atoms with Crippen molar-refractivity contribution >= 4 is 35.6 Å². The lowest BCUT2D eigenvalue weighted by atomic mass is 10.1. The van der Waals surface area contributed by atoms with Crippen molar-refractivity contribution in [2.24, 2.45) is 4.99 Å². The van der Waals surface area contributed by atoms with Gasteiger partial charge < -0.3 is 10.2 Å². The predicted molar refractivity (Wildman–Crippen MR) is 121 cm³/mol. The molecule has 144 valence electrons. The molecule has 0 amide bonds. The van der Waals surface area contributed by atoms with Gasteiger partial charge in [0.25, 0.3) is 0 Å². The number of aromatic nitrogens is 3. The highest BCUT2D eigenvalue weighted by molar-refractivity contribution is 14.0. The van der Waals surface area contributed by atoms with Gasteiger partial charge in [0.05, 0.1) is 0 Å². The molecule has 7 heteroatoms. The number of aliphatic imine (C=N–C) groups is 1. The molecular formula is C20H27IN6. The Hall–Kier alpha value is -2.16. The standard InChI is InChI=1S/C20H26N6.HI/c1-16-9-4-5-10-17(16)15-25(3)20(21-2)22-13-8-12-19-24-23-18-11-6-7-14-26(18)19;/h4-7,9-11,14H,8,12-13,15H2,1-3H3,(H,21,22);1H. The Bertz CT molecular complexity index is 889. The van der Waals surface area contributed by atoms with E-state index < -0.39 is 0 Å². The number of guanidine groups is 1. The van der Waals surface area contributed by atoms with Crippen molar-refractivity contribution in [2.75, 3.05) is 20.6 Å². The molecule has 3 aromatic rings. The molecule has 0 aliphatic carbocycles. The minimum atomic E-state index is 0. The summed E-state index contributed by atoms with van der Waals surface area (Å²) in [7, 11) is 3.89. The molecule has 0 atom stereocenters. The van der Waals surface area contributed by atoms with Gasteiger partial charge in [-0.15, -0.1) is 34.2 Å². The fourth-order valence-electron chi connectivity index (χ4n) is 3.01. The van der Waals surface area contributed by atoms with Crippen molar-refractivity contribution < 1.29 is 0 Å². The van der Waals surface area contributed by atoms with Crippen molar-refractivity contribution in [3.63, 3.8) is 0 Å². The first-order chi connectivity index (χ1) is 12.7. The number of hydrogen-bond acceptors (Lipinski definition) is 3. The number of rotatable bonds is 6. The number of nitrogens with one attached hydrogen (secondary N) is 1. The Morgan fingerprint density at radius 3 is 2.70 bits per heavy atom. The third kappa shape index (κ3) is 5.41. The molecule has 2 heterocycles. The van der Waals surface area contributed by atoms with E-state index in [9.17, 15) is 0 Å². The zero-order valence-corrected chi connectivity index (χ0v) is 18.4. The van der Waals surface area contributed by atoms with E-state index >= 15 is 0 Å². The van der Waals surface area contributed by atoms with Crippen LogP contribution in [-0.2, 0) is 13.0 Å². The SMILES string of the molecule is CN=C(NCCCc1nnc2ccccn12)N(C)Cc1ccccc1C.I. The van der Waals surface area contributed by atoms with Crippen LogP contribution in [0.5, 0.6) is 0 Å². The van der Waals surface area contributed by atoms with Crippen LogP contribution in [0.3, 0.4) is 0 Å². The fourth-order valence-corrected chi connectivity index (χ4v) is 3.01. The van der Waals surface area contributed by atoms with Crippen molar-refractivity contribution in [1.29, 1.82) is 0 Å². The maximum atomic E-state index is 4.40. The second-order valence-electron chi connectivity index (χ2n) is 6.41. The van der Waals surface area contributed by atoms with Gasteiger partial charge in [-0.25, -0.2) is 0 Å². The van der Waals surface area contributed by atoms with E-state index in [0.717, 1.165) is 43.4 Å². The average molecular weight is 478 g/mol. The first-order valence-electron chi connectivity index (χ1n) is 8.94. The topological polar surface area (TPSA) is 57.8 Å².